The summed E-state index contributed by atoms with van der Waals surface area (Å²) in [5.41, 5.74) is 3.38. The van der Waals surface area contributed by atoms with Crippen LogP contribution in [0, 0.1) is 13.8 Å². The Morgan fingerprint density at radius 3 is 2.61 bits per heavy atom. The van der Waals surface area contributed by atoms with Gasteiger partial charge in [0.1, 0.15) is 28.0 Å². The summed E-state index contributed by atoms with van der Waals surface area (Å²) in [6, 6.07) is 7.72. The molecule has 0 radical (unpaired) electrons. The van der Waals surface area contributed by atoms with Crippen LogP contribution in [0.25, 0.3) is 21.3 Å². The number of esters is 1. The molecule has 1 aromatic carbocycles. The third-order valence-corrected chi connectivity index (χ3v) is 5.77. The molecular weight excluding hydrogens is 372 g/mol. The number of hydrogen-bond donors (Lipinski definition) is 1. The van der Waals surface area contributed by atoms with Crippen molar-refractivity contribution in [3.8, 4) is 0 Å². The van der Waals surface area contributed by atoms with Gasteiger partial charge in [-0.1, -0.05) is 32.9 Å². The van der Waals surface area contributed by atoms with Gasteiger partial charge in [0.05, 0.1) is 16.7 Å². The number of benzene rings is 1. The molecule has 0 aliphatic heterocycles. The van der Waals surface area contributed by atoms with Gasteiger partial charge in [-0.15, -0.1) is 11.3 Å². The summed E-state index contributed by atoms with van der Waals surface area (Å²) in [5, 5.41) is 0.939. The van der Waals surface area contributed by atoms with Crippen LogP contribution in [0.2, 0.25) is 0 Å². The molecule has 0 fully saturated rings. The number of rotatable bonds is 3. The van der Waals surface area contributed by atoms with Crippen molar-refractivity contribution in [3.05, 3.63) is 52.0 Å². The van der Waals surface area contributed by atoms with Gasteiger partial charge < -0.3 is 9.72 Å². The monoisotopic (exact) mass is 394 g/mol. The fourth-order valence-electron chi connectivity index (χ4n) is 3.14. The minimum atomic E-state index is -0.363. The Balaban J connectivity index is 1.61. The zero-order valence-corrected chi connectivity index (χ0v) is 17.4. The van der Waals surface area contributed by atoms with Crippen molar-refractivity contribution in [1.29, 1.82) is 0 Å². The van der Waals surface area contributed by atoms with Gasteiger partial charge in [0.15, 0.2) is 0 Å². The van der Waals surface area contributed by atoms with Gasteiger partial charge in [-0.2, -0.15) is 0 Å². The van der Waals surface area contributed by atoms with Gasteiger partial charge in [-0.05, 0) is 31.5 Å². The zero-order chi connectivity index (χ0) is 20.1. The van der Waals surface area contributed by atoms with E-state index in [9.17, 15) is 4.79 Å². The Morgan fingerprint density at radius 2 is 1.89 bits per heavy atom. The van der Waals surface area contributed by atoms with E-state index < -0.39 is 0 Å². The van der Waals surface area contributed by atoms with Gasteiger partial charge in [0.2, 0.25) is 0 Å². The Labute approximate surface area is 167 Å². The maximum Gasteiger partial charge on any atom is 0.349 e. The molecule has 7 heteroatoms. The third-order valence-electron chi connectivity index (χ3n) is 4.61. The quantitative estimate of drug-likeness (QED) is 0.503. The highest BCUT2D eigenvalue weighted by atomic mass is 32.1. The summed E-state index contributed by atoms with van der Waals surface area (Å²) in [5.74, 6) is 1.04. The number of aryl methyl sites for hydroxylation is 2. The van der Waals surface area contributed by atoms with Crippen LogP contribution >= 0.6 is 11.3 Å². The van der Waals surface area contributed by atoms with Gasteiger partial charge in [-0.3, -0.25) is 0 Å². The van der Waals surface area contributed by atoms with Gasteiger partial charge in [0, 0.05) is 10.8 Å². The van der Waals surface area contributed by atoms with Crippen molar-refractivity contribution in [3.63, 3.8) is 0 Å². The number of aromatic amines is 1. The minimum absolute atomic E-state index is 0.0963. The smallest absolute Gasteiger partial charge is 0.349 e. The molecule has 6 nitrogen and oxygen atoms in total. The maximum absolute atomic E-state index is 12.7. The molecule has 144 valence electrons. The standard InChI is InChI=1S/C21H22N4O2S/c1-11-16-12(2)22-20(21(3,4)5)25-18(16)28-17(11)19(26)27-10-15-23-13-8-6-7-9-14(13)24-15/h6-9H,10H2,1-5H3,(H,23,24). The van der Waals surface area contributed by atoms with E-state index in [1.54, 1.807) is 0 Å². The molecule has 0 spiro atoms. The van der Waals surface area contributed by atoms with Crippen molar-refractivity contribution >= 4 is 38.6 Å². The van der Waals surface area contributed by atoms with Crippen LogP contribution in [-0.2, 0) is 16.8 Å². The molecule has 0 saturated carbocycles. The summed E-state index contributed by atoms with van der Waals surface area (Å²) in [7, 11) is 0. The first-order chi connectivity index (χ1) is 13.2. The molecule has 1 N–H and O–H groups in total. The lowest BCUT2D eigenvalue weighted by Crippen LogP contribution is -2.16. The Morgan fingerprint density at radius 1 is 1.14 bits per heavy atom. The molecule has 0 aliphatic carbocycles. The van der Waals surface area contributed by atoms with Crippen LogP contribution < -0.4 is 0 Å². The van der Waals surface area contributed by atoms with Crippen LogP contribution in [0.15, 0.2) is 24.3 Å². The number of fused-ring (bicyclic) bond motifs is 2. The number of aromatic nitrogens is 4. The number of imidazole rings is 1. The highest BCUT2D eigenvalue weighted by Gasteiger charge is 2.24. The highest BCUT2D eigenvalue weighted by molar-refractivity contribution is 7.20. The second kappa shape index (κ2) is 6.67. The van der Waals surface area contributed by atoms with E-state index in [0.717, 1.165) is 38.3 Å². The predicted molar refractivity (Wildman–Crippen MR) is 111 cm³/mol. The van der Waals surface area contributed by atoms with Crippen LogP contribution in [0.5, 0.6) is 0 Å². The van der Waals surface area contributed by atoms with Gasteiger partial charge in [-0.25, -0.2) is 19.7 Å². The number of ether oxygens (including phenoxy) is 1. The fraction of sp³-hybridized carbons (Fsp3) is 0.333. The topological polar surface area (TPSA) is 80.8 Å². The highest BCUT2D eigenvalue weighted by Crippen LogP contribution is 2.33. The van der Waals surface area contributed by atoms with Crippen LogP contribution in [0.1, 0.15) is 53.3 Å². The van der Waals surface area contributed by atoms with E-state index in [1.165, 1.54) is 11.3 Å². The van der Waals surface area contributed by atoms with Crippen molar-refractivity contribution in [2.75, 3.05) is 0 Å². The van der Waals surface area contributed by atoms with Crippen LogP contribution in [0.3, 0.4) is 0 Å². The molecule has 4 aromatic rings. The van der Waals surface area contributed by atoms with Crippen molar-refractivity contribution in [1.82, 2.24) is 19.9 Å². The average Bonchev–Trinajstić information content (AvgIpc) is 3.20. The molecule has 3 heterocycles. The first-order valence-electron chi connectivity index (χ1n) is 9.13. The molecular formula is C21H22N4O2S. The van der Waals surface area contributed by atoms with Crippen molar-refractivity contribution in [2.45, 2.75) is 46.6 Å². The summed E-state index contributed by atoms with van der Waals surface area (Å²) in [6.07, 6.45) is 0. The molecule has 0 aliphatic rings. The lowest BCUT2D eigenvalue weighted by atomic mass is 9.95. The fourth-order valence-corrected chi connectivity index (χ4v) is 4.27. The second-order valence-corrected chi connectivity index (χ2v) is 8.89. The number of hydrogen-bond acceptors (Lipinski definition) is 6. The normalized spacial score (nSPS) is 12.0. The van der Waals surface area contributed by atoms with Crippen LogP contribution in [-0.4, -0.2) is 25.9 Å². The van der Waals surface area contributed by atoms with E-state index in [4.69, 9.17) is 9.72 Å². The lowest BCUT2D eigenvalue weighted by molar-refractivity contribution is 0.0468. The summed E-state index contributed by atoms with van der Waals surface area (Å²) in [6.45, 7) is 10.2. The molecule has 28 heavy (non-hydrogen) atoms. The number of carbonyl (C=O) groups excluding carboxylic acids is 1. The first kappa shape index (κ1) is 18.6. The predicted octanol–water partition coefficient (Wildman–Crippen LogP) is 4.84. The largest absolute Gasteiger partial charge is 0.453 e. The van der Waals surface area contributed by atoms with E-state index in [-0.39, 0.29) is 18.0 Å². The number of carbonyl (C=O) groups is 1. The number of nitrogens with one attached hydrogen (secondary N) is 1. The Kier molecular flexibility index (Phi) is 4.42. The summed E-state index contributed by atoms with van der Waals surface area (Å²) >= 11 is 1.36. The Hall–Kier alpha value is -2.80. The summed E-state index contributed by atoms with van der Waals surface area (Å²) < 4.78 is 5.52. The average molecular weight is 395 g/mol. The number of thiophene rings is 1. The molecule has 0 atom stereocenters. The SMILES string of the molecule is Cc1nc(C(C)(C)C)nc2sc(C(=O)OCc3nc4ccccc4[nH]3)c(C)c12. The van der Waals surface area contributed by atoms with E-state index in [1.807, 2.05) is 38.1 Å². The molecule has 4 rings (SSSR count). The Bertz CT molecular complexity index is 1170. The number of para-hydroxylation sites is 2. The minimum Gasteiger partial charge on any atom is -0.453 e. The van der Waals surface area contributed by atoms with E-state index in [2.05, 4.69) is 35.7 Å². The van der Waals surface area contributed by atoms with Crippen molar-refractivity contribution < 1.29 is 9.53 Å². The number of nitrogens with zero attached hydrogens (tertiary/aromatic N) is 3. The van der Waals surface area contributed by atoms with Crippen molar-refractivity contribution in [2.24, 2.45) is 0 Å². The second-order valence-electron chi connectivity index (χ2n) is 7.90. The van der Waals surface area contributed by atoms with Crippen LogP contribution in [0.4, 0.5) is 0 Å². The molecule has 3 aromatic heterocycles. The molecule has 0 unspecified atom stereocenters. The number of H-pyrrole nitrogens is 1. The van der Waals surface area contributed by atoms with E-state index >= 15 is 0 Å². The molecule has 0 bridgehead atoms. The maximum atomic E-state index is 12.7. The molecule has 0 saturated heterocycles. The third kappa shape index (κ3) is 3.26. The van der Waals surface area contributed by atoms with Gasteiger partial charge >= 0.3 is 5.97 Å². The first-order valence-corrected chi connectivity index (χ1v) is 9.94. The summed E-state index contributed by atoms with van der Waals surface area (Å²) in [4.78, 5) is 31.1. The lowest BCUT2D eigenvalue weighted by Gasteiger charge is -2.16. The van der Waals surface area contributed by atoms with Gasteiger partial charge in [0.25, 0.3) is 0 Å². The molecule has 0 amide bonds. The zero-order valence-electron chi connectivity index (χ0n) is 16.6. The van der Waals surface area contributed by atoms with E-state index in [0.29, 0.717) is 10.7 Å².